The van der Waals surface area contributed by atoms with Gasteiger partial charge in [-0.15, -0.1) is 0 Å². The van der Waals surface area contributed by atoms with Crippen molar-refractivity contribution in [1.29, 1.82) is 0 Å². The van der Waals surface area contributed by atoms with E-state index in [0.29, 0.717) is 12.3 Å². The first-order valence-corrected chi connectivity index (χ1v) is 4.31. The lowest BCUT2D eigenvalue weighted by Crippen LogP contribution is -2.29. The Balaban J connectivity index is 3.94. The zero-order valence-corrected chi connectivity index (χ0v) is 8.00. The molecule has 3 heteroatoms. The van der Waals surface area contributed by atoms with Gasteiger partial charge < -0.3 is 10.2 Å². The van der Waals surface area contributed by atoms with E-state index in [4.69, 9.17) is 5.11 Å². The molecular weight excluding hydrogens is 156 g/mol. The molecule has 0 aromatic heterocycles. The van der Waals surface area contributed by atoms with Crippen LogP contribution in [0.5, 0.6) is 0 Å². The molecule has 0 aliphatic carbocycles. The summed E-state index contributed by atoms with van der Waals surface area (Å²) in [7, 11) is 0. The largest absolute Gasteiger partial charge is 0.481 e. The van der Waals surface area contributed by atoms with Crippen molar-refractivity contribution in [2.45, 2.75) is 45.6 Å². The molecular formula is C9H18O3. The first kappa shape index (κ1) is 11.4. The molecule has 0 aliphatic rings. The first-order chi connectivity index (χ1) is 5.37. The zero-order valence-electron chi connectivity index (χ0n) is 8.00. The van der Waals surface area contributed by atoms with E-state index in [1.807, 2.05) is 13.8 Å². The summed E-state index contributed by atoms with van der Waals surface area (Å²) < 4.78 is 0. The molecule has 0 aromatic carbocycles. The second-order valence-electron chi connectivity index (χ2n) is 3.79. The highest BCUT2D eigenvalue weighted by Gasteiger charge is 2.25. The molecule has 0 saturated heterocycles. The van der Waals surface area contributed by atoms with Crippen LogP contribution >= 0.6 is 0 Å². The molecule has 0 aromatic rings. The summed E-state index contributed by atoms with van der Waals surface area (Å²) >= 11 is 0. The fourth-order valence-electron chi connectivity index (χ4n) is 1.29. The summed E-state index contributed by atoms with van der Waals surface area (Å²) in [6, 6.07) is 0. The Morgan fingerprint density at radius 2 is 2.08 bits per heavy atom. The smallest absolute Gasteiger partial charge is 0.306 e. The standard InChI is InChI=1S/C9H18O3/c1-4-7(2)5-9(3,12)6-8(10)11/h7,12H,4-6H2,1-3H3,(H,10,11). The average molecular weight is 174 g/mol. The van der Waals surface area contributed by atoms with Crippen molar-refractivity contribution in [3.05, 3.63) is 0 Å². The van der Waals surface area contributed by atoms with Crippen LogP contribution in [-0.4, -0.2) is 21.8 Å². The summed E-state index contributed by atoms with van der Waals surface area (Å²) in [5.41, 5.74) is -1.05. The summed E-state index contributed by atoms with van der Waals surface area (Å²) in [6.45, 7) is 5.62. The van der Waals surface area contributed by atoms with Crippen LogP contribution in [0.2, 0.25) is 0 Å². The Morgan fingerprint density at radius 3 is 2.42 bits per heavy atom. The third-order valence-electron chi connectivity index (χ3n) is 2.02. The third kappa shape index (κ3) is 5.13. The van der Waals surface area contributed by atoms with Gasteiger partial charge in [-0.1, -0.05) is 20.3 Å². The number of carboxylic acids is 1. The van der Waals surface area contributed by atoms with Gasteiger partial charge in [0.15, 0.2) is 0 Å². The monoisotopic (exact) mass is 174 g/mol. The van der Waals surface area contributed by atoms with Gasteiger partial charge in [0.1, 0.15) is 0 Å². The predicted octanol–water partition coefficient (Wildman–Crippen LogP) is 1.65. The molecule has 2 unspecified atom stereocenters. The fourth-order valence-corrected chi connectivity index (χ4v) is 1.29. The maximum Gasteiger partial charge on any atom is 0.306 e. The highest BCUT2D eigenvalue weighted by atomic mass is 16.4. The normalized spacial score (nSPS) is 18.3. The Bertz CT molecular complexity index is 152. The molecule has 0 amide bonds. The summed E-state index contributed by atoms with van der Waals surface area (Å²) in [5.74, 6) is -0.567. The topological polar surface area (TPSA) is 57.5 Å². The molecule has 0 rings (SSSR count). The van der Waals surface area contributed by atoms with Gasteiger partial charge >= 0.3 is 5.97 Å². The van der Waals surface area contributed by atoms with Gasteiger partial charge in [0.2, 0.25) is 0 Å². The predicted molar refractivity (Wildman–Crippen MR) is 46.9 cm³/mol. The SMILES string of the molecule is CCC(C)CC(C)(O)CC(=O)O. The van der Waals surface area contributed by atoms with Gasteiger partial charge in [0.25, 0.3) is 0 Å². The maximum absolute atomic E-state index is 10.3. The average Bonchev–Trinajstić information content (AvgIpc) is 1.83. The number of hydrogen-bond donors (Lipinski definition) is 2. The molecule has 2 atom stereocenters. The molecule has 0 aliphatic heterocycles. The molecule has 0 spiro atoms. The van der Waals surface area contributed by atoms with Gasteiger partial charge in [-0.25, -0.2) is 0 Å². The van der Waals surface area contributed by atoms with E-state index in [1.54, 1.807) is 6.92 Å². The number of carbonyl (C=O) groups is 1. The molecule has 3 nitrogen and oxygen atoms in total. The molecule has 72 valence electrons. The lowest BCUT2D eigenvalue weighted by molar-refractivity contribution is -0.142. The van der Waals surface area contributed by atoms with Crippen molar-refractivity contribution < 1.29 is 15.0 Å². The van der Waals surface area contributed by atoms with Gasteiger partial charge in [0, 0.05) is 0 Å². The van der Waals surface area contributed by atoms with Crippen LogP contribution in [0.3, 0.4) is 0 Å². The first-order valence-electron chi connectivity index (χ1n) is 4.31. The maximum atomic E-state index is 10.3. The Labute approximate surface area is 73.4 Å². The van der Waals surface area contributed by atoms with Crippen LogP contribution in [0, 0.1) is 5.92 Å². The number of aliphatic carboxylic acids is 1. The zero-order chi connectivity index (χ0) is 9.78. The lowest BCUT2D eigenvalue weighted by atomic mass is 9.89. The molecule has 0 saturated carbocycles. The van der Waals surface area contributed by atoms with E-state index >= 15 is 0 Å². The van der Waals surface area contributed by atoms with Crippen LogP contribution in [-0.2, 0) is 4.79 Å². The summed E-state index contributed by atoms with van der Waals surface area (Å²) in [5, 5.41) is 18.1. The van der Waals surface area contributed by atoms with Crippen molar-refractivity contribution in [2.75, 3.05) is 0 Å². The van der Waals surface area contributed by atoms with E-state index in [-0.39, 0.29) is 6.42 Å². The van der Waals surface area contributed by atoms with Crippen LogP contribution in [0.25, 0.3) is 0 Å². The van der Waals surface area contributed by atoms with Crippen LogP contribution < -0.4 is 0 Å². The minimum atomic E-state index is -1.05. The molecule has 0 bridgehead atoms. The molecule has 12 heavy (non-hydrogen) atoms. The lowest BCUT2D eigenvalue weighted by Gasteiger charge is -2.24. The second-order valence-corrected chi connectivity index (χ2v) is 3.79. The molecule has 0 radical (unpaired) electrons. The summed E-state index contributed by atoms with van der Waals surface area (Å²) in [6.07, 6.45) is 1.35. The number of carboxylic acid groups (broad SMARTS) is 1. The van der Waals surface area contributed by atoms with Gasteiger partial charge in [-0.05, 0) is 19.3 Å². The highest BCUT2D eigenvalue weighted by molar-refractivity contribution is 5.67. The van der Waals surface area contributed by atoms with Gasteiger partial charge in [-0.2, -0.15) is 0 Å². The Kier molecular flexibility index (Phi) is 4.24. The molecule has 0 fully saturated rings. The van der Waals surface area contributed by atoms with Crippen molar-refractivity contribution in [1.82, 2.24) is 0 Å². The number of aliphatic hydroxyl groups is 1. The van der Waals surface area contributed by atoms with E-state index in [2.05, 4.69) is 0 Å². The molecule has 2 N–H and O–H groups in total. The van der Waals surface area contributed by atoms with Crippen molar-refractivity contribution >= 4 is 5.97 Å². The van der Waals surface area contributed by atoms with Crippen LogP contribution in [0.15, 0.2) is 0 Å². The van der Waals surface area contributed by atoms with Crippen molar-refractivity contribution in [3.63, 3.8) is 0 Å². The van der Waals surface area contributed by atoms with Gasteiger partial charge in [-0.3, -0.25) is 4.79 Å². The van der Waals surface area contributed by atoms with Gasteiger partial charge in [0.05, 0.1) is 12.0 Å². The number of hydrogen-bond acceptors (Lipinski definition) is 2. The van der Waals surface area contributed by atoms with Crippen LogP contribution in [0.1, 0.15) is 40.0 Å². The van der Waals surface area contributed by atoms with Crippen molar-refractivity contribution in [2.24, 2.45) is 5.92 Å². The third-order valence-corrected chi connectivity index (χ3v) is 2.02. The summed E-state index contributed by atoms with van der Waals surface area (Å²) in [4.78, 5) is 10.3. The van der Waals surface area contributed by atoms with E-state index in [0.717, 1.165) is 6.42 Å². The quantitative estimate of drug-likeness (QED) is 0.666. The van der Waals surface area contributed by atoms with E-state index in [9.17, 15) is 9.90 Å². The fraction of sp³-hybridized carbons (Fsp3) is 0.889. The highest BCUT2D eigenvalue weighted by Crippen LogP contribution is 2.21. The Hall–Kier alpha value is -0.570. The Morgan fingerprint density at radius 1 is 1.58 bits per heavy atom. The minimum absolute atomic E-state index is 0.169. The van der Waals surface area contributed by atoms with Crippen molar-refractivity contribution in [3.8, 4) is 0 Å². The van der Waals surface area contributed by atoms with Crippen LogP contribution in [0.4, 0.5) is 0 Å². The minimum Gasteiger partial charge on any atom is -0.481 e. The van der Waals surface area contributed by atoms with E-state index < -0.39 is 11.6 Å². The second kappa shape index (κ2) is 4.45. The molecule has 0 heterocycles. The number of rotatable bonds is 5. The van der Waals surface area contributed by atoms with E-state index in [1.165, 1.54) is 0 Å².